The van der Waals surface area contributed by atoms with Crippen LogP contribution in [-0.2, 0) is 0 Å². The molecule has 1 N–H and O–H groups in total. The molecule has 0 saturated carbocycles. The lowest BCUT2D eigenvalue weighted by atomic mass is 10.0. The van der Waals surface area contributed by atoms with Crippen molar-refractivity contribution in [3.05, 3.63) is 21.9 Å². The smallest absolute Gasteiger partial charge is 0.254 e. The molecule has 0 bridgehead atoms. The van der Waals surface area contributed by atoms with Crippen molar-refractivity contribution in [3.8, 4) is 0 Å². The van der Waals surface area contributed by atoms with Crippen LogP contribution in [0, 0.1) is 18.8 Å². The Balaban J connectivity index is 1.75. The van der Waals surface area contributed by atoms with E-state index < -0.39 is 0 Å². The number of nitrogens with one attached hydrogen (secondary N) is 1. The lowest BCUT2D eigenvalue weighted by molar-refractivity contribution is 0.0781. The Bertz CT molecular complexity index is 403. The van der Waals surface area contributed by atoms with Gasteiger partial charge in [0.15, 0.2) is 0 Å². The van der Waals surface area contributed by atoms with Gasteiger partial charge in [0.2, 0.25) is 0 Å². The predicted molar refractivity (Wildman–Crippen MR) is 64.8 cm³/mol. The number of hydrogen-bond acceptors (Lipinski definition) is 3. The summed E-state index contributed by atoms with van der Waals surface area (Å²) in [6.45, 7) is 6.05. The Hall–Kier alpha value is -0.870. The minimum atomic E-state index is 0.230. The second kappa shape index (κ2) is 3.86. The van der Waals surface area contributed by atoms with E-state index in [1.54, 1.807) is 11.3 Å². The molecule has 1 aromatic rings. The molecular formula is C12H16N2OS. The summed E-state index contributed by atoms with van der Waals surface area (Å²) in [7, 11) is 0. The second-order valence-corrected chi connectivity index (χ2v) is 5.60. The van der Waals surface area contributed by atoms with Crippen molar-refractivity contribution in [3.63, 3.8) is 0 Å². The van der Waals surface area contributed by atoms with Crippen LogP contribution in [0.5, 0.6) is 0 Å². The molecule has 2 aliphatic heterocycles. The van der Waals surface area contributed by atoms with Crippen molar-refractivity contribution < 1.29 is 4.79 Å². The zero-order chi connectivity index (χ0) is 11.1. The number of rotatable bonds is 1. The zero-order valence-corrected chi connectivity index (χ0v) is 10.2. The summed E-state index contributed by atoms with van der Waals surface area (Å²) in [5.41, 5.74) is 2.02. The lowest BCUT2D eigenvalue weighted by Gasteiger charge is -2.17. The van der Waals surface area contributed by atoms with Gasteiger partial charge in [-0.15, -0.1) is 0 Å². The largest absolute Gasteiger partial charge is 0.338 e. The molecule has 2 atom stereocenters. The average molecular weight is 236 g/mol. The van der Waals surface area contributed by atoms with Crippen LogP contribution in [-0.4, -0.2) is 37.0 Å². The molecule has 1 aromatic heterocycles. The van der Waals surface area contributed by atoms with Crippen LogP contribution in [0.25, 0.3) is 0 Å². The Morgan fingerprint density at radius 3 is 2.62 bits per heavy atom. The van der Waals surface area contributed by atoms with E-state index in [-0.39, 0.29) is 5.91 Å². The quantitative estimate of drug-likeness (QED) is 0.798. The third-order valence-electron chi connectivity index (χ3n) is 3.76. The van der Waals surface area contributed by atoms with Crippen LogP contribution < -0.4 is 5.32 Å². The van der Waals surface area contributed by atoms with Crippen LogP contribution in [0.3, 0.4) is 0 Å². The molecule has 1 amide bonds. The molecule has 0 unspecified atom stereocenters. The van der Waals surface area contributed by atoms with Crippen molar-refractivity contribution in [2.75, 3.05) is 26.2 Å². The minimum absolute atomic E-state index is 0.230. The van der Waals surface area contributed by atoms with Crippen molar-refractivity contribution in [2.24, 2.45) is 11.8 Å². The van der Waals surface area contributed by atoms with Gasteiger partial charge in [0.1, 0.15) is 0 Å². The van der Waals surface area contributed by atoms with Crippen molar-refractivity contribution in [1.29, 1.82) is 0 Å². The van der Waals surface area contributed by atoms with Gasteiger partial charge in [-0.25, -0.2) is 0 Å². The maximum Gasteiger partial charge on any atom is 0.254 e. The van der Waals surface area contributed by atoms with E-state index in [4.69, 9.17) is 0 Å². The van der Waals surface area contributed by atoms with Crippen molar-refractivity contribution >= 4 is 17.2 Å². The molecule has 4 heteroatoms. The molecule has 2 fully saturated rings. The van der Waals surface area contributed by atoms with Crippen LogP contribution >= 0.6 is 11.3 Å². The molecular weight excluding hydrogens is 220 g/mol. The Morgan fingerprint density at radius 1 is 1.38 bits per heavy atom. The monoisotopic (exact) mass is 236 g/mol. The molecule has 86 valence electrons. The molecule has 16 heavy (non-hydrogen) atoms. The fraction of sp³-hybridized carbons (Fsp3) is 0.583. The van der Waals surface area contributed by atoms with Gasteiger partial charge in [-0.1, -0.05) is 0 Å². The highest BCUT2D eigenvalue weighted by molar-refractivity contribution is 7.08. The Kier molecular flexibility index (Phi) is 2.48. The summed E-state index contributed by atoms with van der Waals surface area (Å²) in [4.78, 5) is 14.3. The Morgan fingerprint density at radius 2 is 2.06 bits per heavy atom. The van der Waals surface area contributed by atoms with E-state index in [0.717, 1.165) is 37.3 Å². The normalized spacial score (nSPS) is 28.4. The number of nitrogens with zero attached hydrogens (tertiary/aromatic N) is 1. The molecule has 2 aliphatic rings. The number of thiophene rings is 1. The maximum absolute atomic E-state index is 12.3. The second-order valence-electron chi connectivity index (χ2n) is 4.86. The third-order valence-corrected chi connectivity index (χ3v) is 4.62. The van der Waals surface area contributed by atoms with E-state index in [1.807, 2.05) is 22.6 Å². The molecule has 3 nitrogen and oxygen atoms in total. The highest BCUT2D eigenvalue weighted by Gasteiger charge is 2.38. The van der Waals surface area contributed by atoms with Gasteiger partial charge in [0.25, 0.3) is 5.91 Å². The van der Waals surface area contributed by atoms with Crippen LogP contribution in [0.2, 0.25) is 0 Å². The fourth-order valence-corrected chi connectivity index (χ4v) is 3.59. The SMILES string of the molecule is Cc1cscc1C(=O)N1C[C@H]2CNC[C@H]2C1. The van der Waals surface area contributed by atoms with Gasteiger partial charge in [0, 0.05) is 31.6 Å². The van der Waals surface area contributed by atoms with Crippen molar-refractivity contribution in [1.82, 2.24) is 10.2 Å². The van der Waals surface area contributed by atoms with E-state index in [0.29, 0.717) is 11.8 Å². The Labute approximate surface area is 99.5 Å². The number of aryl methyl sites for hydroxylation is 1. The van der Waals surface area contributed by atoms with Gasteiger partial charge in [-0.2, -0.15) is 11.3 Å². The number of fused-ring (bicyclic) bond motifs is 1. The van der Waals surface area contributed by atoms with E-state index >= 15 is 0 Å². The van der Waals surface area contributed by atoms with Crippen LogP contribution in [0.15, 0.2) is 10.8 Å². The molecule has 0 aliphatic carbocycles. The first-order valence-corrected chi connectivity index (χ1v) is 6.73. The number of hydrogen-bond donors (Lipinski definition) is 1. The topological polar surface area (TPSA) is 32.3 Å². The first-order chi connectivity index (χ1) is 7.75. The number of carbonyl (C=O) groups excluding carboxylic acids is 1. The van der Waals surface area contributed by atoms with E-state index in [2.05, 4.69) is 5.32 Å². The fourth-order valence-electron chi connectivity index (χ4n) is 2.77. The number of carbonyl (C=O) groups is 1. The van der Waals surface area contributed by atoms with Gasteiger partial charge < -0.3 is 10.2 Å². The molecule has 2 saturated heterocycles. The van der Waals surface area contributed by atoms with Gasteiger partial charge in [-0.05, 0) is 29.7 Å². The van der Waals surface area contributed by atoms with Crippen molar-refractivity contribution in [2.45, 2.75) is 6.92 Å². The number of likely N-dealkylation sites (tertiary alicyclic amines) is 1. The summed E-state index contributed by atoms with van der Waals surface area (Å²) < 4.78 is 0. The average Bonchev–Trinajstić information content (AvgIpc) is 2.89. The van der Waals surface area contributed by atoms with Gasteiger partial charge in [-0.3, -0.25) is 4.79 Å². The maximum atomic E-state index is 12.3. The molecule has 3 heterocycles. The molecule has 0 radical (unpaired) electrons. The highest BCUT2D eigenvalue weighted by Crippen LogP contribution is 2.28. The van der Waals surface area contributed by atoms with Crippen LogP contribution in [0.4, 0.5) is 0 Å². The van der Waals surface area contributed by atoms with Crippen LogP contribution in [0.1, 0.15) is 15.9 Å². The zero-order valence-electron chi connectivity index (χ0n) is 9.40. The summed E-state index contributed by atoms with van der Waals surface area (Å²) in [6.07, 6.45) is 0. The first kappa shape index (κ1) is 10.3. The lowest BCUT2D eigenvalue weighted by Crippen LogP contribution is -2.31. The third kappa shape index (κ3) is 1.57. The summed E-state index contributed by atoms with van der Waals surface area (Å²) >= 11 is 1.61. The minimum Gasteiger partial charge on any atom is -0.338 e. The van der Waals surface area contributed by atoms with Gasteiger partial charge in [0.05, 0.1) is 5.56 Å². The summed E-state index contributed by atoms with van der Waals surface area (Å²) in [5, 5.41) is 7.42. The molecule has 0 spiro atoms. The van der Waals surface area contributed by atoms with E-state index in [9.17, 15) is 4.79 Å². The molecule has 3 rings (SSSR count). The summed E-state index contributed by atoms with van der Waals surface area (Å²) in [5.74, 6) is 1.60. The first-order valence-electron chi connectivity index (χ1n) is 5.78. The predicted octanol–water partition coefficient (Wildman–Crippen LogP) is 1.35. The standard InChI is InChI=1S/C12H16N2OS/c1-8-6-16-7-11(8)12(15)14-4-9-2-13-3-10(9)5-14/h6-7,9-10,13H,2-5H2,1H3/t9-,10+. The van der Waals surface area contributed by atoms with E-state index in [1.165, 1.54) is 0 Å². The molecule has 0 aromatic carbocycles. The number of amides is 1. The highest BCUT2D eigenvalue weighted by atomic mass is 32.1. The summed E-state index contributed by atoms with van der Waals surface area (Å²) in [6, 6.07) is 0. The van der Waals surface area contributed by atoms with Gasteiger partial charge >= 0.3 is 0 Å².